The van der Waals surface area contributed by atoms with E-state index in [2.05, 4.69) is 22.3 Å². The Morgan fingerprint density at radius 3 is 2.31 bits per heavy atom. The summed E-state index contributed by atoms with van der Waals surface area (Å²) < 4.78 is 5.41. The van der Waals surface area contributed by atoms with Crippen molar-refractivity contribution in [3.05, 3.63) is 65.7 Å². The Bertz CT molecular complexity index is 902. The van der Waals surface area contributed by atoms with Gasteiger partial charge in [-0.1, -0.05) is 48.5 Å². The minimum absolute atomic E-state index is 0.143. The van der Waals surface area contributed by atoms with Crippen molar-refractivity contribution in [1.29, 1.82) is 0 Å². The van der Waals surface area contributed by atoms with Crippen LogP contribution in [-0.2, 0) is 22.5 Å². The molecule has 2 amide bonds. The molecular weight excluding hydrogens is 402 g/mol. The van der Waals surface area contributed by atoms with E-state index in [0.29, 0.717) is 13.0 Å². The van der Waals surface area contributed by atoms with E-state index in [0.717, 1.165) is 24.2 Å². The lowest BCUT2D eigenvalue weighted by molar-refractivity contribution is -0.132. The summed E-state index contributed by atoms with van der Waals surface area (Å²) in [4.78, 5) is 30.0. The van der Waals surface area contributed by atoms with E-state index in [4.69, 9.17) is 4.74 Å². The van der Waals surface area contributed by atoms with Gasteiger partial charge in [-0.3, -0.25) is 4.79 Å². The van der Waals surface area contributed by atoms with Gasteiger partial charge >= 0.3 is 6.09 Å². The largest absolute Gasteiger partial charge is 0.444 e. The average Bonchev–Trinajstić information content (AvgIpc) is 3.27. The van der Waals surface area contributed by atoms with Crippen LogP contribution in [0.1, 0.15) is 44.7 Å². The minimum atomic E-state index is -0.712. The predicted octanol–water partition coefficient (Wildman–Crippen LogP) is 4.38. The quantitative estimate of drug-likeness (QED) is 0.698. The van der Waals surface area contributed by atoms with Crippen LogP contribution < -0.4 is 10.2 Å². The maximum absolute atomic E-state index is 13.4. The lowest BCUT2D eigenvalue weighted by atomic mass is 10.0. The molecule has 0 aliphatic carbocycles. The molecule has 0 aromatic heterocycles. The van der Waals surface area contributed by atoms with Crippen LogP contribution in [0.2, 0.25) is 0 Å². The monoisotopic (exact) mass is 437 g/mol. The van der Waals surface area contributed by atoms with Crippen LogP contribution in [0.25, 0.3) is 0 Å². The summed E-state index contributed by atoms with van der Waals surface area (Å²) in [6, 6.07) is 17.2. The molecule has 1 heterocycles. The second-order valence-electron chi connectivity index (χ2n) is 9.41. The number of anilines is 1. The second-order valence-corrected chi connectivity index (χ2v) is 9.41. The normalized spacial score (nSPS) is 14.7. The average molecular weight is 438 g/mol. The number of ether oxygens (including phenoxy) is 1. The number of hydrogen-bond acceptors (Lipinski definition) is 4. The maximum Gasteiger partial charge on any atom is 0.408 e. The lowest BCUT2D eigenvalue weighted by Crippen LogP contribution is -2.49. The van der Waals surface area contributed by atoms with Gasteiger partial charge in [0.25, 0.3) is 0 Å². The van der Waals surface area contributed by atoms with Gasteiger partial charge in [-0.05, 0) is 50.8 Å². The molecule has 1 saturated heterocycles. The van der Waals surface area contributed by atoms with Gasteiger partial charge < -0.3 is 19.9 Å². The first kappa shape index (κ1) is 23.6. The standard InChI is InChI=1S/C26H35N3O3/c1-26(2,3)32-25(31)27-22(18-20-12-6-5-7-13-20)24(30)28(4)19-21-14-8-9-15-23(21)29-16-10-11-17-29/h5-9,12-15,22H,10-11,16-19H2,1-4H3,(H,27,31). The molecule has 1 N–H and O–H groups in total. The fourth-order valence-corrected chi connectivity index (χ4v) is 4.01. The molecule has 0 bridgehead atoms. The molecular formula is C26H35N3O3. The Morgan fingerprint density at radius 2 is 1.66 bits per heavy atom. The van der Waals surface area contributed by atoms with Crippen LogP contribution in [-0.4, -0.2) is 48.7 Å². The Balaban J connectivity index is 1.75. The molecule has 0 saturated carbocycles. The molecule has 2 aromatic rings. The van der Waals surface area contributed by atoms with Gasteiger partial charge in [-0.25, -0.2) is 4.79 Å². The molecule has 32 heavy (non-hydrogen) atoms. The number of carbonyl (C=O) groups excluding carboxylic acids is 2. The molecule has 172 valence electrons. The number of nitrogens with zero attached hydrogens (tertiary/aromatic N) is 2. The Labute approximate surface area is 191 Å². The molecule has 1 fully saturated rings. The van der Waals surface area contributed by atoms with Crippen molar-refractivity contribution in [1.82, 2.24) is 10.2 Å². The molecule has 3 rings (SSSR count). The van der Waals surface area contributed by atoms with Gasteiger partial charge in [0, 0.05) is 38.8 Å². The zero-order valence-electron chi connectivity index (χ0n) is 19.6. The van der Waals surface area contributed by atoms with E-state index in [1.165, 1.54) is 18.5 Å². The van der Waals surface area contributed by atoms with Crippen molar-refractivity contribution in [2.75, 3.05) is 25.0 Å². The summed E-state index contributed by atoms with van der Waals surface area (Å²) in [7, 11) is 1.79. The number of nitrogens with one attached hydrogen (secondary N) is 1. The lowest BCUT2D eigenvalue weighted by Gasteiger charge is -2.28. The fraction of sp³-hybridized carbons (Fsp3) is 0.462. The van der Waals surface area contributed by atoms with Crippen LogP contribution in [0.5, 0.6) is 0 Å². The van der Waals surface area contributed by atoms with Crippen LogP contribution in [0.3, 0.4) is 0 Å². The van der Waals surface area contributed by atoms with E-state index in [-0.39, 0.29) is 5.91 Å². The Hall–Kier alpha value is -3.02. The van der Waals surface area contributed by atoms with E-state index in [1.807, 2.05) is 63.2 Å². The Kier molecular flexibility index (Phi) is 7.78. The molecule has 1 aliphatic rings. The van der Waals surface area contributed by atoms with Crippen LogP contribution >= 0.6 is 0 Å². The summed E-state index contributed by atoms with van der Waals surface area (Å²) in [5, 5.41) is 2.80. The topological polar surface area (TPSA) is 61.9 Å². The molecule has 0 radical (unpaired) electrons. The molecule has 1 atom stereocenters. The van der Waals surface area contributed by atoms with E-state index >= 15 is 0 Å². The van der Waals surface area contributed by atoms with Gasteiger partial charge in [-0.15, -0.1) is 0 Å². The molecule has 1 aliphatic heterocycles. The van der Waals surface area contributed by atoms with Gasteiger partial charge in [0.15, 0.2) is 0 Å². The van der Waals surface area contributed by atoms with Crippen molar-refractivity contribution >= 4 is 17.7 Å². The third-order valence-corrected chi connectivity index (χ3v) is 5.49. The van der Waals surface area contributed by atoms with Crippen LogP contribution in [0.4, 0.5) is 10.5 Å². The van der Waals surface area contributed by atoms with Crippen LogP contribution in [0, 0.1) is 0 Å². The number of alkyl carbamates (subject to hydrolysis) is 1. The zero-order chi connectivity index (χ0) is 23.1. The van der Waals surface area contributed by atoms with Gasteiger partial charge in [0.1, 0.15) is 11.6 Å². The summed E-state index contributed by atoms with van der Waals surface area (Å²) in [6.45, 7) is 8.00. The molecule has 2 aromatic carbocycles. The van der Waals surface area contributed by atoms with Crippen molar-refractivity contribution in [2.24, 2.45) is 0 Å². The van der Waals surface area contributed by atoms with Gasteiger partial charge in [0.05, 0.1) is 0 Å². The summed E-state index contributed by atoms with van der Waals surface area (Å²) in [6.07, 6.45) is 2.21. The number of hydrogen-bond donors (Lipinski definition) is 1. The summed E-state index contributed by atoms with van der Waals surface area (Å²) in [5.41, 5.74) is 2.64. The number of likely N-dealkylation sites (N-methyl/N-ethyl adjacent to an activating group) is 1. The highest BCUT2D eigenvalue weighted by atomic mass is 16.6. The minimum Gasteiger partial charge on any atom is -0.444 e. The van der Waals surface area contributed by atoms with Crippen molar-refractivity contribution in [2.45, 2.75) is 58.2 Å². The Morgan fingerprint density at radius 1 is 1.03 bits per heavy atom. The van der Waals surface area contributed by atoms with E-state index < -0.39 is 17.7 Å². The highest BCUT2D eigenvalue weighted by Crippen LogP contribution is 2.25. The molecule has 1 unspecified atom stereocenters. The van der Waals surface area contributed by atoms with Gasteiger partial charge in [0.2, 0.25) is 5.91 Å². The number of amides is 2. The SMILES string of the molecule is CN(Cc1ccccc1N1CCCC1)C(=O)C(Cc1ccccc1)NC(=O)OC(C)(C)C. The summed E-state index contributed by atoms with van der Waals surface area (Å²) in [5.74, 6) is -0.143. The van der Waals surface area contributed by atoms with Gasteiger partial charge in [-0.2, -0.15) is 0 Å². The third kappa shape index (κ3) is 6.74. The first-order chi connectivity index (χ1) is 15.2. The number of para-hydroxylation sites is 1. The van der Waals surface area contributed by atoms with Crippen molar-refractivity contribution in [3.63, 3.8) is 0 Å². The smallest absolute Gasteiger partial charge is 0.408 e. The maximum atomic E-state index is 13.4. The summed E-state index contributed by atoms with van der Waals surface area (Å²) >= 11 is 0. The van der Waals surface area contributed by atoms with Crippen molar-refractivity contribution < 1.29 is 14.3 Å². The first-order valence-electron chi connectivity index (χ1n) is 11.3. The van der Waals surface area contributed by atoms with Crippen molar-refractivity contribution in [3.8, 4) is 0 Å². The zero-order valence-corrected chi connectivity index (χ0v) is 19.6. The first-order valence-corrected chi connectivity index (χ1v) is 11.3. The number of carbonyl (C=O) groups is 2. The molecule has 6 heteroatoms. The van der Waals surface area contributed by atoms with E-state index in [9.17, 15) is 9.59 Å². The molecule has 0 spiro atoms. The highest BCUT2D eigenvalue weighted by Gasteiger charge is 2.27. The highest BCUT2D eigenvalue weighted by molar-refractivity contribution is 5.86. The second kappa shape index (κ2) is 10.5. The third-order valence-electron chi connectivity index (χ3n) is 5.49. The predicted molar refractivity (Wildman–Crippen MR) is 128 cm³/mol. The number of benzene rings is 2. The number of rotatable bonds is 7. The van der Waals surface area contributed by atoms with E-state index in [1.54, 1.807) is 11.9 Å². The fourth-order valence-electron chi connectivity index (χ4n) is 4.01. The molecule has 6 nitrogen and oxygen atoms in total. The van der Waals surface area contributed by atoms with Crippen LogP contribution in [0.15, 0.2) is 54.6 Å².